The number of H-pyrrole nitrogens is 1. The predicted molar refractivity (Wildman–Crippen MR) is 78.1 cm³/mol. The van der Waals surface area contributed by atoms with Gasteiger partial charge in [-0.1, -0.05) is 26.7 Å². The predicted octanol–water partition coefficient (Wildman–Crippen LogP) is 1.97. The van der Waals surface area contributed by atoms with Crippen LogP contribution in [-0.4, -0.2) is 30.8 Å². The minimum absolute atomic E-state index is 0.152. The van der Waals surface area contributed by atoms with E-state index < -0.39 is 15.5 Å². The molecule has 0 unspecified atom stereocenters. The molecule has 2 rings (SSSR count). The second-order valence-electron chi connectivity index (χ2n) is 5.48. The molecule has 2 heterocycles. The Labute approximate surface area is 120 Å². The van der Waals surface area contributed by atoms with Crippen molar-refractivity contribution in [2.45, 2.75) is 44.4 Å². The molecule has 0 saturated carbocycles. The van der Waals surface area contributed by atoms with Crippen LogP contribution >= 0.6 is 0 Å². The highest BCUT2D eigenvalue weighted by molar-refractivity contribution is 7.89. The maximum absolute atomic E-state index is 12.5. The van der Waals surface area contributed by atoms with Crippen LogP contribution in [0.4, 0.5) is 0 Å². The molecule has 112 valence electrons. The molecule has 0 aliphatic carbocycles. The summed E-state index contributed by atoms with van der Waals surface area (Å²) in [6, 6.07) is 1.25. The van der Waals surface area contributed by atoms with E-state index >= 15 is 0 Å². The Morgan fingerprint density at radius 3 is 2.35 bits per heavy atom. The lowest BCUT2D eigenvalue weighted by Crippen LogP contribution is -2.43. The molecule has 0 radical (unpaired) electrons. The molecule has 1 saturated heterocycles. The summed E-state index contributed by atoms with van der Waals surface area (Å²) in [5.74, 6) is 0. The van der Waals surface area contributed by atoms with Crippen molar-refractivity contribution >= 4 is 10.0 Å². The maximum atomic E-state index is 12.5. The average Bonchev–Trinajstić information content (AvgIpc) is 2.47. The third-order valence-electron chi connectivity index (χ3n) is 4.69. The van der Waals surface area contributed by atoms with Crippen molar-refractivity contribution < 1.29 is 8.42 Å². The normalized spacial score (nSPS) is 19.9. The van der Waals surface area contributed by atoms with Crippen molar-refractivity contribution in [2.75, 3.05) is 13.1 Å². The van der Waals surface area contributed by atoms with Gasteiger partial charge in [0.1, 0.15) is 4.90 Å². The van der Waals surface area contributed by atoms with Gasteiger partial charge in [-0.05, 0) is 18.3 Å². The first kappa shape index (κ1) is 15.3. The van der Waals surface area contributed by atoms with Gasteiger partial charge in [0, 0.05) is 31.5 Å². The summed E-state index contributed by atoms with van der Waals surface area (Å²) in [5.41, 5.74) is -0.193. The number of hydrogen-bond donors (Lipinski definition) is 1. The van der Waals surface area contributed by atoms with Crippen LogP contribution in [-0.2, 0) is 10.0 Å². The van der Waals surface area contributed by atoms with Crippen molar-refractivity contribution in [2.24, 2.45) is 5.41 Å². The fourth-order valence-electron chi connectivity index (χ4n) is 2.90. The van der Waals surface area contributed by atoms with Gasteiger partial charge < -0.3 is 4.98 Å². The third-order valence-corrected chi connectivity index (χ3v) is 6.61. The Kier molecular flexibility index (Phi) is 4.34. The van der Waals surface area contributed by atoms with E-state index in [1.165, 1.54) is 22.8 Å². The zero-order valence-corrected chi connectivity index (χ0v) is 12.9. The van der Waals surface area contributed by atoms with Gasteiger partial charge in [-0.2, -0.15) is 4.31 Å². The summed E-state index contributed by atoms with van der Waals surface area (Å²) in [4.78, 5) is 14.2. The molecule has 0 amide bonds. The standard InChI is InChI=1S/C14H22N2O3S/c1-3-14(4-2)6-9-16(10-7-14)20(18,19)13-11-15-8-5-12(13)17/h5,8,11H,3-4,6-7,9-10H2,1-2H3,(H,15,17). The highest BCUT2D eigenvalue weighted by Crippen LogP contribution is 2.38. The van der Waals surface area contributed by atoms with Crippen LogP contribution in [0, 0.1) is 5.41 Å². The van der Waals surface area contributed by atoms with Crippen molar-refractivity contribution in [3.63, 3.8) is 0 Å². The summed E-state index contributed by atoms with van der Waals surface area (Å²) in [7, 11) is -3.67. The van der Waals surface area contributed by atoms with Crippen molar-refractivity contribution in [3.8, 4) is 0 Å². The monoisotopic (exact) mass is 298 g/mol. The van der Waals surface area contributed by atoms with Crippen LogP contribution < -0.4 is 5.43 Å². The molecular weight excluding hydrogens is 276 g/mol. The number of aromatic nitrogens is 1. The van der Waals surface area contributed by atoms with Crippen molar-refractivity contribution in [1.29, 1.82) is 0 Å². The van der Waals surface area contributed by atoms with Crippen LogP contribution in [0.5, 0.6) is 0 Å². The number of nitrogens with one attached hydrogen (secondary N) is 1. The Balaban J connectivity index is 2.22. The number of aromatic amines is 1. The van der Waals surface area contributed by atoms with Gasteiger partial charge in [0.15, 0.2) is 0 Å². The fourth-order valence-corrected chi connectivity index (χ4v) is 4.38. The first-order valence-electron chi connectivity index (χ1n) is 7.12. The second-order valence-corrected chi connectivity index (χ2v) is 7.39. The van der Waals surface area contributed by atoms with E-state index in [2.05, 4.69) is 18.8 Å². The molecule has 5 nitrogen and oxygen atoms in total. The second kappa shape index (κ2) is 5.69. The van der Waals surface area contributed by atoms with Crippen LogP contribution in [0.15, 0.2) is 28.2 Å². The SMILES string of the molecule is CCC1(CC)CCN(S(=O)(=O)c2c[nH]ccc2=O)CC1. The smallest absolute Gasteiger partial charge is 0.248 e. The first-order chi connectivity index (χ1) is 9.45. The molecule has 1 aliphatic rings. The Bertz CT molecular complexity index is 607. The van der Waals surface area contributed by atoms with E-state index in [-0.39, 0.29) is 10.3 Å². The molecule has 1 N–H and O–H groups in total. The van der Waals surface area contributed by atoms with Crippen LogP contribution in [0.2, 0.25) is 0 Å². The summed E-state index contributed by atoms with van der Waals surface area (Å²) in [6.45, 7) is 5.32. The highest BCUT2D eigenvalue weighted by Gasteiger charge is 2.36. The van der Waals surface area contributed by atoms with E-state index in [9.17, 15) is 13.2 Å². The van der Waals surface area contributed by atoms with Crippen LogP contribution in [0.1, 0.15) is 39.5 Å². The molecule has 20 heavy (non-hydrogen) atoms. The largest absolute Gasteiger partial charge is 0.366 e. The summed E-state index contributed by atoms with van der Waals surface area (Å²) < 4.78 is 26.4. The number of hydrogen-bond acceptors (Lipinski definition) is 3. The zero-order chi connectivity index (χ0) is 14.8. The van der Waals surface area contributed by atoms with E-state index in [0.717, 1.165) is 25.7 Å². The maximum Gasteiger partial charge on any atom is 0.248 e. The molecule has 0 aromatic carbocycles. The minimum Gasteiger partial charge on any atom is -0.366 e. The zero-order valence-electron chi connectivity index (χ0n) is 12.1. The molecule has 1 aliphatic heterocycles. The Morgan fingerprint density at radius 1 is 1.25 bits per heavy atom. The number of piperidine rings is 1. The van der Waals surface area contributed by atoms with E-state index in [1.807, 2.05) is 0 Å². The molecular formula is C14H22N2O3S. The van der Waals surface area contributed by atoms with Gasteiger partial charge in [-0.3, -0.25) is 4.79 Å². The van der Waals surface area contributed by atoms with Crippen LogP contribution in [0.3, 0.4) is 0 Å². The lowest BCUT2D eigenvalue weighted by molar-refractivity contribution is 0.141. The number of nitrogens with zero attached hydrogens (tertiary/aromatic N) is 1. The van der Waals surface area contributed by atoms with Gasteiger partial charge in [-0.25, -0.2) is 8.42 Å². The van der Waals surface area contributed by atoms with Gasteiger partial charge in [0.25, 0.3) is 0 Å². The third kappa shape index (κ3) is 2.67. The lowest BCUT2D eigenvalue weighted by Gasteiger charge is -2.40. The minimum atomic E-state index is -3.67. The van der Waals surface area contributed by atoms with E-state index in [1.54, 1.807) is 0 Å². The molecule has 0 atom stereocenters. The number of sulfonamides is 1. The Hall–Kier alpha value is -1.14. The average molecular weight is 298 g/mol. The van der Waals surface area contributed by atoms with Crippen molar-refractivity contribution in [3.05, 3.63) is 28.7 Å². The molecule has 1 aromatic heterocycles. The van der Waals surface area contributed by atoms with Gasteiger partial charge >= 0.3 is 0 Å². The fraction of sp³-hybridized carbons (Fsp3) is 0.643. The summed E-state index contributed by atoms with van der Waals surface area (Å²) in [5, 5.41) is 0. The first-order valence-corrected chi connectivity index (χ1v) is 8.56. The van der Waals surface area contributed by atoms with Gasteiger partial charge in [0.05, 0.1) is 0 Å². The number of rotatable bonds is 4. The van der Waals surface area contributed by atoms with Crippen molar-refractivity contribution in [1.82, 2.24) is 9.29 Å². The highest BCUT2D eigenvalue weighted by atomic mass is 32.2. The Morgan fingerprint density at radius 2 is 1.85 bits per heavy atom. The summed E-state index contributed by atoms with van der Waals surface area (Å²) >= 11 is 0. The quantitative estimate of drug-likeness (QED) is 0.924. The topological polar surface area (TPSA) is 70.2 Å². The van der Waals surface area contributed by atoms with Gasteiger partial charge in [-0.15, -0.1) is 0 Å². The molecule has 1 aromatic rings. The van der Waals surface area contributed by atoms with E-state index in [4.69, 9.17) is 0 Å². The molecule has 0 spiro atoms. The lowest BCUT2D eigenvalue weighted by atomic mass is 9.75. The molecule has 6 heteroatoms. The van der Waals surface area contributed by atoms with E-state index in [0.29, 0.717) is 13.1 Å². The number of pyridine rings is 1. The molecule has 1 fully saturated rings. The van der Waals surface area contributed by atoms with Gasteiger partial charge in [0.2, 0.25) is 15.5 Å². The summed E-state index contributed by atoms with van der Waals surface area (Å²) in [6.07, 6.45) is 6.59. The molecule has 0 bridgehead atoms. The van der Waals surface area contributed by atoms with Crippen LogP contribution in [0.25, 0.3) is 0 Å².